The third-order valence-electron chi connectivity index (χ3n) is 3.86. The molecule has 2 aliphatic heterocycles. The molecule has 0 saturated carbocycles. The number of rotatable bonds is 3. The van der Waals surface area contributed by atoms with Crippen molar-refractivity contribution < 1.29 is 26.3 Å². The van der Waals surface area contributed by atoms with Gasteiger partial charge in [0.2, 0.25) is 10.0 Å². The van der Waals surface area contributed by atoms with E-state index < -0.39 is 27.1 Å². The van der Waals surface area contributed by atoms with Crippen molar-refractivity contribution in [1.82, 2.24) is 14.5 Å². The Hall–Kier alpha value is -1.46. The summed E-state index contributed by atoms with van der Waals surface area (Å²) in [5, 5.41) is 6.08. The number of halogens is 3. The number of alkyl halides is 3. The van der Waals surface area contributed by atoms with Gasteiger partial charge < -0.3 is 9.64 Å². The van der Waals surface area contributed by atoms with Crippen LogP contribution in [0.4, 0.5) is 19.0 Å². The number of anilines is 1. The van der Waals surface area contributed by atoms with Crippen molar-refractivity contribution in [1.29, 1.82) is 0 Å². The van der Waals surface area contributed by atoms with Gasteiger partial charge in [0.25, 0.3) is 0 Å². The summed E-state index contributed by atoms with van der Waals surface area (Å²) in [6, 6.07) is 2.04. The summed E-state index contributed by atoms with van der Waals surface area (Å²) in [6.07, 6.45) is -4.54. The van der Waals surface area contributed by atoms with Gasteiger partial charge >= 0.3 is 6.18 Å². The van der Waals surface area contributed by atoms with Gasteiger partial charge in [-0.15, -0.1) is 10.2 Å². The molecule has 1 aromatic rings. The van der Waals surface area contributed by atoms with E-state index in [9.17, 15) is 21.6 Å². The zero-order valence-electron chi connectivity index (χ0n) is 12.0. The molecular formula is C12H15F3N4O3S. The Morgan fingerprint density at radius 2 is 1.78 bits per heavy atom. The summed E-state index contributed by atoms with van der Waals surface area (Å²) >= 11 is 0. The first-order valence-corrected chi connectivity index (χ1v) is 8.51. The maximum Gasteiger partial charge on any atom is 0.435 e. The Labute approximate surface area is 131 Å². The minimum atomic E-state index is -4.54. The molecular weight excluding hydrogens is 337 g/mol. The summed E-state index contributed by atoms with van der Waals surface area (Å²) in [7, 11) is -3.41. The molecule has 2 aliphatic rings. The smallest absolute Gasteiger partial charge is 0.379 e. The average molecular weight is 352 g/mol. The molecule has 0 aliphatic carbocycles. The highest BCUT2D eigenvalue weighted by atomic mass is 32.2. The fourth-order valence-corrected chi connectivity index (χ4v) is 4.29. The van der Waals surface area contributed by atoms with Gasteiger partial charge in [0.15, 0.2) is 11.5 Å². The molecule has 23 heavy (non-hydrogen) atoms. The third-order valence-corrected chi connectivity index (χ3v) is 6.09. The Morgan fingerprint density at radius 3 is 2.30 bits per heavy atom. The van der Waals surface area contributed by atoms with Gasteiger partial charge in [-0.25, -0.2) is 8.42 Å². The SMILES string of the molecule is O=S(=O)(C1CN(c2ccc(C(F)(F)F)nn2)C1)N1CCOCC1. The van der Waals surface area contributed by atoms with Crippen LogP contribution >= 0.6 is 0 Å². The summed E-state index contributed by atoms with van der Waals surface area (Å²) in [4.78, 5) is 1.59. The molecule has 0 radical (unpaired) electrons. The molecule has 7 nitrogen and oxygen atoms in total. The largest absolute Gasteiger partial charge is 0.435 e. The van der Waals surface area contributed by atoms with Crippen LogP contribution in [0.3, 0.4) is 0 Å². The number of morpholine rings is 1. The first-order valence-electron chi connectivity index (χ1n) is 7.01. The topological polar surface area (TPSA) is 75.6 Å². The number of sulfonamides is 1. The fourth-order valence-electron chi connectivity index (χ4n) is 2.47. The van der Waals surface area contributed by atoms with E-state index in [1.165, 1.54) is 10.4 Å². The van der Waals surface area contributed by atoms with Crippen LogP contribution < -0.4 is 4.90 Å². The zero-order chi connectivity index (χ0) is 16.7. The predicted molar refractivity (Wildman–Crippen MR) is 74.3 cm³/mol. The van der Waals surface area contributed by atoms with Crippen molar-refractivity contribution in [3.05, 3.63) is 17.8 Å². The summed E-state index contributed by atoms with van der Waals surface area (Å²) in [5.41, 5.74) is -1.07. The van der Waals surface area contributed by atoms with Crippen LogP contribution in [0.25, 0.3) is 0 Å². The second kappa shape index (κ2) is 5.87. The molecule has 0 spiro atoms. The lowest BCUT2D eigenvalue weighted by atomic mass is 10.2. The molecule has 0 N–H and O–H groups in total. The molecule has 0 unspecified atom stereocenters. The molecule has 2 fully saturated rings. The third kappa shape index (κ3) is 3.26. The standard InChI is InChI=1S/C12H15F3N4O3S/c13-12(14,15)10-1-2-11(17-16-10)18-7-9(8-18)23(20,21)19-3-5-22-6-4-19/h1-2,9H,3-8H2. The number of hydrogen-bond donors (Lipinski definition) is 0. The molecule has 2 saturated heterocycles. The second-order valence-electron chi connectivity index (χ2n) is 5.36. The normalized spacial score (nSPS) is 21.3. The Kier molecular flexibility index (Phi) is 4.19. The maximum atomic E-state index is 12.4. The van der Waals surface area contributed by atoms with Gasteiger partial charge in [0.1, 0.15) is 5.25 Å². The van der Waals surface area contributed by atoms with E-state index in [1.54, 1.807) is 4.90 Å². The van der Waals surface area contributed by atoms with E-state index in [-0.39, 0.29) is 18.9 Å². The van der Waals surface area contributed by atoms with E-state index in [4.69, 9.17) is 4.74 Å². The number of aromatic nitrogens is 2. The number of nitrogens with zero attached hydrogens (tertiary/aromatic N) is 4. The van der Waals surface area contributed by atoms with E-state index in [0.29, 0.717) is 26.3 Å². The predicted octanol–water partition coefficient (Wildman–Crippen LogP) is 0.346. The van der Waals surface area contributed by atoms with E-state index in [1.807, 2.05) is 0 Å². The fraction of sp³-hybridized carbons (Fsp3) is 0.667. The lowest BCUT2D eigenvalue weighted by Crippen LogP contribution is -2.59. The zero-order valence-corrected chi connectivity index (χ0v) is 12.8. The van der Waals surface area contributed by atoms with E-state index >= 15 is 0 Å². The quantitative estimate of drug-likeness (QED) is 0.781. The molecule has 0 aromatic carbocycles. The van der Waals surface area contributed by atoms with Crippen LogP contribution in [-0.2, 0) is 20.9 Å². The minimum absolute atomic E-state index is 0.194. The van der Waals surface area contributed by atoms with Crippen LogP contribution in [-0.4, -0.2) is 67.6 Å². The average Bonchev–Trinajstić information content (AvgIpc) is 2.46. The lowest BCUT2D eigenvalue weighted by molar-refractivity contribution is -0.141. The summed E-state index contributed by atoms with van der Waals surface area (Å²) in [5.74, 6) is 0.242. The second-order valence-corrected chi connectivity index (χ2v) is 7.57. The Bertz CT molecular complexity index is 653. The Balaban J connectivity index is 1.62. The lowest BCUT2D eigenvalue weighted by Gasteiger charge is -2.41. The van der Waals surface area contributed by atoms with Crippen molar-refractivity contribution in [2.45, 2.75) is 11.4 Å². The number of ether oxygens (including phenoxy) is 1. The van der Waals surface area contributed by atoms with E-state index in [2.05, 4.69) is 10.2 Å². The van der Waals surface area contributed by atoms with Crippen LogP contribution in [0, 0.1) is 0 Å². The van der Waals surface area contributed by atoms with Crippen molar-refractivity contribution in [3.8, 4) is 0 Å². The molecule has 3 rings (SSSR count). The van der Waals surface area contributed by atoms with Crippen molar-refractivity contribution in [2.75, 3.05) is 44.3 Å². The van der Waals surface area contributed by atoms with Gasteiger partial charge in [-0.3, -0.25) is 0 Å². The summed E-state index contributed by atoms with van der Waals surface area (Å²) < 4.78 is 68.6. The van der Waals surface area contributed by atoms with E-state index in [0.717, 1.165) is 6.07 Å². The van der Waals surface area contributed by atoms with Gasteiger partial charge in [0.05, 0.1) is 13.2 Å². The minimum Gasteiger partial charge on any atom is -0.379 e. The Morgan fingerprint density at radius 1 is 1.13 bits per heavy atom. The molecule has 11 heteroatoms. The molecule has 0 atom stereocenters. The molecule has 3 heterocycles. The van der Waals surface area contributed by atoms with Crippen molar-refractivity contribution in [2.24, 2.45) is 0 Å². The monoisotopic (exact) mass is 352 g/mol. The van der Waals surface area contributed by atoms with Gasteiger partial charge in [0, 0.05) is 26.2 Å². The molecule has 0 bridgehead atoms. The van der Waals surface area contributed by atoms with Crippen LogP contribution in [0.15, 0.2) is 12.1 Å². The van der Waals surface area contributed by atoms with Gasteiger partial charge in [-0.05, 0) is 12.1 Å². The van der Waals surface area contributed by atoms with Crippen LogP contribution in [0.5, 0.6) is 0 Å². The van der Waals surface area contributed by atoms with Crippen molar-refractivity contribution in [3.63, 3.8) is 0 Å². The number of hydrogen-bond acceptors (Lipinski definition) is 6. The van der Waals surface area contributed by atoms with Gasteiger partial charge in [-0.1, -0.05) is 0 Å². The van der Waals surface area contributed by atoms with Crippen LogP contribution in [0.1, 0.15) is 5.69 Å². The van der Waals surface area contributed by atoms with Gasteiger partial charge in [-0.2, -0.15) is 17.5 Å². The van der Waals surface area contributed by atoms with Crippen LogP contribution in [0.2, 0.25) is 0 Å². The highest BCUT2D eigenvalue weighted by molar-refractivity contribution is 7.89. The molecule has 0 amide bonds. The maximum absolute atomic E-state index is 12.4. The first-order chi connectivity index (χ1) is 10.8. The molecule has 128 valence electrons. The summed E-state index contributed by atoms with van der Waals surface area (Å²) in [6.45, 7) is 1.80. The highest BCUT2D eigenvalue weighted by Crippen LogP contribution is 2.29. The first kappa shape index (κ1) is 16.4. The highest BCUT2D eigenvalue weighted by Gasteiger charge is 2.42. The molecule has 1 aromatic heterocycles. The van der Waals surface area contributed by atoms with Crippen molar-refractivity contribution >= 4 is 15.8 Å².